The lowest BCUT2D eigenvalue weighted by molar-refractivity contribution is -0.128. The number of Topliss-reactive ketones (excluding diaryl/α,β-unsaturated/α-hetero) is 1. The summed E-state index contributed by atoms with van der Waals surface area (Å²) in [5.41, 5.74) is 0. The van der Waals surface area contributed by atoms with Gasteiger partial charge in [-0.15, -0.1) is 0 Å². The summed E-state index contributed by atoms with van der Waals surface area (Å²) in [4.78, 5) is 24.0. The summed E-state index contributed by atoms with van der Waals surface area (Å²) in [6.07, 6.45) is 2.28. The molecule has 78 valence electrons. The largest absolute Gasteiger partial charge is 0.381 e. The van der Waals surface area contributed by atoms with E-state index in [2.05, 4.69) is 0 Å². The second-order valence-corrected chi connectivity index (χ2v) is 4.07. The highest BCUT2D eigenvalue weighted by Crippen LogP contribution is 2.17. The highest BCUT2D eigenvalue weighted by Gasteiger charge is 2.29. The molecule has 1 unspecified atom stereocenters. The van der Waals surface area contributed by atoms with Gasteiger partial charge in [-0.3, -0.25) is 9.59 Å². The number of carbonyl (C=O) groups is 2. The Morgan fingerprint density at radius 3 is 2.86 bits per heavy atom. The van der Waals surface area contributed by atoms with Crippen molar-refractivity contribution in [3.63, 3.8) is 0 Å². The number of hydrogen-bond donors (Lipinski definition) is 0. The van der Waals surface area contributed by atoms with E-state index in [1.165, 1.54) is 0 Å². The average Bonchev–Trinajstić information content (AvgIpc) is 2.47. The third-order valence-electron chi connectivity index (χ3n) is 2.80. The van der Waals surface area contributed by atoms with Crippen LogP contribution in [0, 0.1) is 5.92 Å². The number of amides is 1. The molecule has 2 aliphatic rings. The maximum absolute atomic E-state index is 11.3. The molecule has 2 saturated heterocycles. The van der Waals surface area contributed by atoms with Crippen LogP contribution >= 0.6 is 0 Å². The molecule has 0 aliphatic carbocycles. The number of nitrogens with zero attached hydrogens (tertiary/aromatic N) is 1. The molecule has 14 heavy (non-hydrogen) atoms. The van der Waals surface area contributed by atoms with Crippen LogP contribution in [0.25, 0.3) is 0 Å². The fourth-order valence-corrected chi connectivity index (χ4v) is 2.07. The quantitative estimate of drug-likeness (QED) is 0.595. The molecule has 2 fully saturated rings. The first-order chi connectivity index (χ1) is 6.75. The minimum absolute atomic E-state index is 0.0134. The van der Waals surface area contributed by atoms with Gasteiger partial charge in [0.25, 0.3) is 0 Å². The smallest absolute Gasteiger partial charge is 0.230 e. The average molecular weight is 197 g/mol. The topological polar surface area (TPSA) is 46.6 Å². The van der Waals surface area contributed by atoms with Crippen molar-refractivity contribution in [3.05, 3.63) is 0 Å². The lowest BCUT2D eigenvalue weighted by Gasteiger charge is -2.26. The standard InChI is InChI=1S/C10H15NO3/c12-9-4-10(13)11(6-9)5-8-2-1-3-14-7-8/h8H,1-7H2. The van der Waals surface area contributed by atoms with Gasteiger partial charge in [0.05, 0.1) is 19.6 Å². The Morgan fingerprint density at radius 2 is 2.29 bits per heavy atom. The summed E-state index contributed by atoms with van der Waals surface area (Å²) in [6, 6.07) is 0. The number of hydrogen-bond acceptors (Lipinski definition) is 3. The minimum Gasteiger partial charge on any atom is -0.381 e. The van der Waals surface area contributed by atoms with E-state index < -0.39 is 0 Å². The van der Waals surface area contributed by atoms with Gasteiger partial charge in [0.1, 0.15) is 0 Å². The normalized spacial score (nSPS) is 28.6. The summed E-state index contributed by atoms with van der Waals surface area (Å²) in [6.45, 7) is 2.58. The monoisotopic (exact) mass is 197 g/mol. The van der Waals surface area contributed by atoms with Gasteiger partial charge < -0.3 is 9.64 Å². The van der Waals surface area contributed by atoms with Crippen molar-refractivity contribution in [2.75, 3.05) is 26.3 Å². The molecule has 0 aromatic rings. The van der Waals surface area contributed by atoms with Crippen LogP contribution in [0.4, 0.5) is 0 Å². The second kappa shape index (κ2) is 4.09. The zero-order valence-corrected chi connectivity index (χ0v) is 8.20. The van der Waals surface area contributed by atoms with Gasteiger partial charge in [-0.05, 0) is 18.8 Å². The van der Waals surface area contributed by atoms with Crippen LogP contribution in [-0.2, 0) is 14.3 Å². The first-order valence-electron chi connectivity index (χ1n) is 5.13. The Morgan fingerprint density at radius 1 is 1.43 bits per heavy atom. The number of ketones is 1. The van der Waals surface area contributed by atoms with Gasteiger partial charge in [0, 0.05) is 13.2 Å². The zero-order valence-electron chi connectivity index (χ0n) is 8.20. The molecule has 2 aliphatic heterocycles. The van der Waals surface area contributed by atoms with Crippen LogP contribution < -0.4 is 0 Å². The van der Waals surface area contributed by atoms with E-state index in [-0.39, 0.29) is 18.1 Å². The van der Waals surface area contributed by atoms with E-state index in [1.807, 2.05) is 0 Å². The molecular formula is C10H15NO3. The Labute approximate surface area is 83.2 Å². The maximum Gasteiger partial charge on any atom is 0.230 e. The third kappa shape index (κ3) is 2.12. The van der Waals surface area contributed by atoms with Gasteiger partial charge in [-0.25, -0.2) is 0 Å². The summed E-state index contributed by atoms with van der Waals surface area (Å²) in [5, 5.41) is 0. The van der Waals surface area contributed by atoms with Crippen LogP contribution in [0.3, 0.4) is 0 Å². The highest BCUT2D eigenvalue weighted by atomic mass is 16.5. The fourth-order valence-electron chi connectivity index (χ4n) is 2.07. The van der Waals surface area contributed by atoms with E-state index >= 15 is 0 Å². The first-order valence-corrected chi connectivity index (χ1v) is 5.13. The molecule has 0 saturated carbocycles. The van der Waals surface area contributed by atoms with Gasteiger partial charge in [-0.1, -0.05) is 0 Å². The Hall–Kier alpha value is -0.900. The lowest BCUT2D eigenvalue weighted by Crippen LogP contribution is -2.34. The van der Waals surface area contributed by atoms with Crippen LogP contribution in [0.1, 0.15) is 19.3 Å². The van der Waals surface area contributed by atoms with Crippen molar-refractivity contribution in [1.29, 1.82) is 0 Å². The van der Waals surface area contributed by atoms with Crippen molar-refractivity contribution < 1.29 is 14.3 Å². The maximum atomic E-state index is 11.3. The first kappa shape index (κ1) is 9.65. The Bertz CT molecular complexity index is 246. The molecule has 0 spiro atoms. The summed E-state index contributed by atoms with van der Waals surface area (Å²) in [7, 11) is 0. The van der Waals surface area contributed by atoms with Crippen molar-refractivity contribution in [2.45, 2.75) is 19.3 Å². The number of likely N-dealkylation sites (tertiary alicyclic amines) is 1. The van der Waals surface area contributed by atoms with Crippen LogP contribution in [-0.4, -0.2) is 42.9 Å². The Balaban J connectivity index is 1.84. The molecule has 4 heteroatoms. The molecule has 2 rings (SSSR count). The second-order valence-electron chi connectivity index (χ2n) is 4.07. The van der Waals surface area contributed by atoms with Gasteiger partial charge in [0.15, 0.2) is 5.78 Å². The molecule has 2 heterocycles. The lowest BCUT2D eigenvalue weighted by atomic mass is 10.0. The van der Waals surface area contributed by atoms with Gasteiger partial charge in [0.2, 0.25) is 5.91 Å². The Kier molecular flexibility index (Phi) is 2.82. The fraction of sp³-hybridized carbons (Fsp3) is 0.800. The van der Waals surface area contributed by atoms with Crippen molar-refractivity contribution >= 4 is 11.7 Å². The van der Waals surface area contributed by atoms with Crippen LogP contribution in [0.5, 0.6) is 0 Å². The highest BCUT2D eigenvalue weighted by molar-refractivity contribution is 6.05. The van der Waals surface area contributed by atoms with Crippen LogP contribution in [0.15, 0.2) is 0 Å². The molecule has 0 aromatic carbocycles. The summed E-state index contributed by atoms with van der Waals surface area (Å²) >= 11 is 0. The summed E-state index contributed by atoms with van der Waals surface area (Å²) < 4.78 is 5.33. The number of rotatable bonds is 2. The molecule has 1 atom stereocenters. The van der Waals surface area contributed by atoms with E-state index in [0.717, 1.165) is 26.1 Å². The number of ether oxygens (including phenoxy) is 1. The molecule has 4 nitrogen and oxygen atoms in total. The zero-order chi connectivity index (χ0) is 9.97. The molecule has 0 radical (unpaired) electrons. The minimum atomic E-state index is -0.0134. The third-order valence-corrected chi connectivity index (χ3v) is 2.80. The molecule has 1 amide bonds. The van der Waals surface area contributed by atoms with Crippen molar-refractivity contribution in [3.8, 4) is 0 Å². The van der Waals surface area contributed by atoms with E-state index in [0.29, 0.717) is 19.0 Å². The van der Waals surface area contributed by atoms with E-state index in [4.69, 9.17) is 4.74 Å². The molecule has 0 aromatic heterocycles. The predicted octanol–water partition coefficient (Wildman–Crippen LogP) is 0.214. The van der Waals surface area contributed by atoms with Crippen LogP contribution in [0.2, 0.25) is 0 Å². The predicted molar refractivity (Wildman–Crippen MR) is 49.7 cm³/mol. The van der Waals surface area contributed by atoms with E-state index in [9.17, 15) is 9.59 Å². The molecular weight excluding hydrogens is 182 g/mol. The molecule has 0 bridgehead atoms. The van der Waals surface area contributed by atoms with Gasteiger partial charge in [-0.2, -0.15) is 0 Å². The molecule has 0 N–H and O–H groups in total. The SMILES string of the molecule is O=C1CC(=O)N(CC2CCCOC2)C1. The summed E-state index contributed by atoms with van der Waals surface area (Å²) in [5.74, 6) is 0.464. The van der Waals surface area contributed by atoms with Crippen molar-refractivity contribution in [2.24, 2.45) is 5.92 Å². The van der Waals surface area contributed by atoms with E-state index in [1.54, 1.807) is 4.90 Å². The van der Waals surface area contributed by atoms with Gasteiger partial charge >= 0.3 is 0 Å². The van der Waals surface area contributed by atoms with Crippen molar-refractivity contribution in [1.82, 2.24) is 4.90 Å². The number of carbonyl (C=O) groups excluding carboxylic acids is 2.